The van der Waals surface area contributed by atoms with E-state index in [0.717, 1.165) is 0 Å². The number of pyridine rings is 1. The van der Waals surface area contributed by atoms with Crippen LogP contribution in [-0.4, -0.2) is 20.2 Å². The van der Waals surface area contributed by atoms with Crippen molar-refractivity contribution in [2.45, 2.75) is 13.3 Å². The monoisotopic (exact) mass is 378 g/mol. The van der Waals surface area contributed by atoms with Crippen LogP contribution < -0.4 is 5.32 Å². The minimum absolute atomic E-state index is 0.0810. The summed E-state index contributed by atoms with van der Waals surface area (Å²) >= 11 is 12.0. The molecule has 0 aliphatic heterocycles. The molecule has 3 rings (SSSR count). The van der Waals surface area contributed by atoms with E-state index < -0.39 is 10.8 Å². The molecular weight excluding hydrogens is 367 g/mol. The van der Waals surface area contributed by atoms with Crippen LogP contribution in [0.4, 0.5) is 11.4 Å². The number of nitrogens with zero attached hydrogens (tertiary/aromatic N) is 3. The summed E-state index contributed by atoms with van der Waals surface area (Å²) in [5.41, 5.74) is 1.66. The van der Waals surface area contributed by atoms with Crippen molar-refractivity contribution >= 4 is 46.1 Å². The van der Waals surface area contributed by atoms with Crippen molar-refractivity contribution in [2.24, 2.45) is 0 Å². The van der Waals surface area contributed by atoms with Gasteiger partial charge in [-0.3, -0.25) is 19.3 Å². The molecule has 2 heterocycles. The number of imidazole rings is 1. The summed E-state index contributed by atoms with van der Waals surface area (Å²) in [5, 5.41) is 14.0. The topological polar surface area (TPSA) is 89.5 Å². The van der Waals surface area contributed by atoms with Crippen LogP contribution in [0.1, 0.15) is 23.1 Å². The van der Waals surface area contributed by atoms with Crippen LogP contribution in [0.15, 0.2) is 36.5 Å². The van der Waals surface area contributed by atoms with E-state index in [1.165, 1.54) is 18.2 Å². The lowest BCUT2D eigenvalue weighted by Gasteiger charge is -2.08. The normalized spacial score (nSPS) is 10.8. The van der Waals surface area contributed by atoms with Gasteiger partial charge in [0.05, 0.1) is 21.3 Å². The first-order valence-corrected chi connectivity index (χ1v) is 8.08. The van der Waals surface area contributed by atoms with Crippen LogP contribution in [0, 0.1) is 10.1 Å². The van der Waals surface area contributed by atoms with Crippen LogP contribution >= 0.6 is 23.2 Å². The van der Waals surface area contributed by atoms with Gasteiger partial charge in [-0.1, -0.05) is 30.1 Å². The summed E-state index contributed by atoms with van der Waals surface area (Å²) in [6.07, 6.45) is 2.21. The summed E-state index contributed by atoms with van der Waals surface area (Å²) < 4.78 is 1.64. The molecule has 0 unspecified atom stereocenters. The molecule has 2 aromatic heterocycles. The Balaban J connectivity index is 1.99. The molecule has 0 bridgehead atoms. The van der Waals surface area contributed by atoms with Gasteiger partial charge in [-0.15, -0.1) is 0 Å². The maximum Gasteiger partial charge on any atom is 0.274 e. The van der Waals surface area contributed by atoms with Gasteiger partial charge in [0.25, 0.3) is 11.6 Å². The van der Waals surface area contributed by atoms with Gasteiger partial charge in [-0.2, -0.15) is 0 Å². The van der Waals surface area contributed by atoms with E-state index in [4.69, 9.17) is 23.2 Å². The molecule has 1 aromatic carbocycles. The smallest absolute Gasteiger partial charge is 0.274 e. The highest BCUT2D eigenvalue weighted by Crippen LogP contribution is 2.27. The number of aryl methyl sites for hydroxylation is 1. The highest BCUT2D eigenvalue weighted by Gasteiger charge is 2.20. The van der Waals surface area contributed by atoms with Crippen molar-refractivity contribution in [3.63, 3.8) is 0 Å². The van der Waals surface area contributed by atoms with E-state index in [2.05, 4.69) is 10.3 Å². The zero-order valence-corrected chi connectivity index (χ0v) is 14.5. The third-order valence-corrected chi connectivity index (χ3v) is 4.17. The number of fused-ring (bicyclic) bond motifs is 1. The van der Waals surface area contributed by atoms with Crippen LogP contribution in [0.5, 0.6) is 0 Å². The molecule has 1 amide bonds. The van der Waals surface area contributed by atoms with Crippen molar-refractivity contribution in [1.82, 2.24) is 9.38 Å². The molecule has 128 valence electrons. The molecule has 9 heteroatoms. The quantitative estimate of drug-likeness (QED) is 0.539. The second kappa shape index (κ2) is 6.70. The number of hydrogen-bond donors (Lipinski definition) is 1. The second-order valence-corrected chi connectivity index (χ2v) is 6.05. The van der Waals surface area contributed by atoms with E-state index in [1.807, 2.05) is 6.92 Å². The molecule has 1 N–H and O–H groups in total. The standard InChI is InChI=1S/C16H12Cl2N4O3/c1-2-12-15(21-6-5-9(17)7-14(21)19-12)16(23)20-13-4-3-10(22(24)25)8-11(13)18/h3-8H,2H2,1H3,(H,20,23). The number of benzene rings is 1. The maximum absolute atomic E-state index is 12.7. The molecule has 3 aromatic rings. The van der Waals surface area contributed by atoms with Gasteiger partial charge >= 0.3 is 0 Å². The Bertz CT molecular complexity index is 1000. The Kier molecular flexibility index (Phi) is 4.61. The van der Waals surface area contributed by atoms with Gasteiger partial charge in [-0.05, 0) is 18.6 Å². The van der Waals surface area contributed by atoms with Crippen molar-refractivity contribution < 1.29 is 9.72 Å². The SMILES string of the molecule is CCc1nc2cc(Cl)ccn2c1C(=O)Nc1ccc([N+](=O)[O-])cc1Cl. The number of carbonyl (C=O) groups excluding carboxylic acids is 1. The highest BCUT2D eigenvalue weighted by atomic mass is 35.5. The summed E-state index contributed by atoms with van der Waals surface area (Å²) in [6.45, 7) is 1.89. The van der Waals surface area contributed by atoms with Crippen molar-refractivity contribution in [3.05, 3.63) is 68.1 Å². The van der Waals surface area contributed by atoms with E-state index in [1.54, 1.807) is 22.7 Å². The molecule has 0 aliphatic carbocycles. The molecule has 0 aliphatic rings. The fraction of sp³-hybridized carbons (Fsp3) is 0.125. The van der Waals surface area contributed by atoms with E-state index in [-0.39, 0.29) is 16.4 Å². The van der Waals surface area contributed by atoms with E-state index in [9.17, 15) is 14.9 Å². The van der Waals surface area contributed by atoms with Crippen LogP contribution in [0.2, 0.25) is 10.0 Å². The number of rotatable bonds is 4. The fourth-order valence-corrected chi connectivity index (χ4v) is 2.83. The maximum atomic E-state index is 12.7. The number of hydrogen-bond acceptors (Lipinski definition) is 4. The molecule has 7 nitrogen and oxygen atoms in total. The number of aromatic nitrogens is 2. The number of nitrogens with one attached hydrogen (secondary N) is 1. The average Bonchev–Trinajstić information content (AvgIpc) is 2.94. The van der Waals surface area contributed by atoms with Gasteiger partial charge in [0.1, 0.15) is 11.3 Å². The third-order valence-electron chi connectivity index (χ3n) is 3.62. The number of nitro groups is 1. The third kappa shape index (κ3) is 3.29. The Labute approximate surface area is 152 Å². The molecule has 0 spiro atoms. The van der Waals surface area contributed by atoms with E-state index >= 15 is 0 Å². The van der Waals surface area contributed by atoms with Gasteiger partial charge in [0.2, 0.25) is 0 Å². The molecule has 0 saturated carbocycles. The van der Waals surface area contributed by atoms with Gasteiger partial charge < -0.3 is 5.32 Å². The largest absolute Gasteiger partial charge is 0.319 e. The van der Waals surface area contributed by atoms with Crippen LogP contribution in [0.25, 0.3) is 5.65 Å². The molecular formula is C16H12Cl2N4O3. The Morgan fingerprint density at radius 2 is 2.08 bits per heavy atom. The number of carbonyl (C=O) groups is 1. The minimum Gasteiger partial charge on any atom is -0.319 e. The summed E-state index contributed by atoms with van der Waals surface area (Å²) in [4.78, 5) is 27.4. The molecule has 0 saturated heterocycles. The lowest BCUT2D eigenvalue weighted by Crippen LogP contribution is -2.16. The molecule has 0 fully saturated rings. The number of nitro benzene ring substituents is 1. The average molecular weight is 379 g/mol. The predicted octanol–water partition coefficient (Wildman–Crippen LogP) is 4.36. The van der Waals surface area contributed by atoms with Crippen molar-refractivity contribution in [1.29, 1.82) is 0 Å². The Hall–Kier alpha value is -2.64. The zero-order chi connectivity index (χ0) is 18.1. The first kappa shape index (κ1) is 17.2. The fourth-order valence-electron chi connectivity index (χ4n) is 2.46. The molecule has 25 heavy (non-hydrogen) atoms. The van der Waals surface area contributed by atoms with Crippen molar-refractivity contribution in [3.8, 4) is 0 Å². The van der Waals surface area contributed by atoms with E-state index in [0.29, 0.717) is 28.5 Å². The summed E-state index contributed by atoms with van der Waals surface area (Å²) in [7, 11) is 0. The number of non-ortho nitro benzene ring substituents is 1. The second-order valence-electron chi connectivity index (χ2n) is 5.21. The van der Waals surface area contributed by atoms with Gasteiger partial charge in [0.15, 0.2) is 0 Å². The summed E-state index contributed by atoms with van der Waals surface area (Å²) in [6, 6.07) is 7.18. The molecule has 0 atom stereocenters. The predicted molar refractivity (Wildman–Crippen MR) is 95.6 cm³/mol. The lowest BCUT2D eigenvalue weighted by molar-refractivity contribution is -0.384. The Morgan fingerprint density at radius 1 is 1.32 bits per heavy atom. The highest BCUT2D eigenvalue weighted by molar-refractivity contribution is 6.34. The van der Waals surface area contributed by atoms with Crippen LogP contribution in [0.3, 0.4) is 0 Å². The Morgan fingerprint density at radius 3 is 2.72 bits per heavy atom. The summed E-state index contributed by atoms with van der Waals surface area (Å²) in [5.74, 6) is -0.414. The first-order chi connectivity index (χ1) is 11.9. The number of anilines is 1. The molecule has 0 radical (unpaired) electrons. The van der Waals surface area contributed by atoms with Crippen molar-refractivity contribution in [2.75, 3.05) is 5.32 Å². The van der Waals surface area contributed by atoms with Gasteiger partial charge in [-0.25, -0.2) is 4.98 Å². The first-order valence-electron chi connectivity index (χ1n) is 7.32. The van der Waals surface area contributed by atoms with Gasteiger partial charge in [0, 0.05) is 29.4 Å². The zero-order valence-electron chi connectivity index (χ0n) is 13.0. The minimum atomic E-state index is -0.555. The van der Waals surface area contributed by atoms with Crippen LogP contribution in [-0.2, 0) is 6.42 Å². The lowest BCUT2D eigenvalue weighted by atomic mass is 10.2. The number of amides is 1. The number of halogens is 2.